The van der Waals surface area contributed by atoms with Crippen molar-refractivity contribution in [3.63, 3.8) is 0 Å². The van der Waals surface area contributed by atoms with Crippen molar-refractivity contribution in [3.8, 4) is 0 Å². The van der Waals surface area contributed by atoms with Crippen LogP contribution in [0.1, 0.15) is 19.3 Å². The van der Waals surface area contributed by atoms with Gasteiger partial charge in [0.25, 0.3) is 0 Å². The number of carbonyl (C=O) groups excluding carboxylic acids is 1. The Labute approximate surface area is 110 Å². The van der Waals surface area contributed by atoms with Gasteiger partial charge >= 0.3 is 6.18 Å². The van der Waals surface area contributed by atoms with Crippen LogP contribution in [0.2, 0.25) is 0 Å². The molecule has 0 aromatic carbocycles. The fraction of sp³-hybridized carbons (Fsp3) is 0.917. The number of rotatable bonds is 3. The number of amides is 1. The van der Waals surface area contributed by atoms with Crippen LogP contribution in [0, 0.1) is 0 Å². The zero-order valence-electron chi connectivity index (χ0n) is 10.9. The molecule has 2 aliphatic rings. The van der Waals surface area contributed by atoms with Crippen LogP contribution in [0.25, 0.3) is 0 Å². The van der Waals surface area contributed by atoms with Gasteiger partial charge in [0.2, 0.25) is 5.91 Å². The van der Waals surface area contributed by atoms with Crippen molar-refractivity contribution in [2.45, 2.75) is 31.5 Å². The van der Waals surface area contributed by atoms with Crippen LogP contribution in [-0.4, -0.2) is 67.2 Å². The quantitative estimate of drug-likeness (QED) is 0.831. The van der Waals surface area contributed by atoms with E-state index in [-0.39, 0.29) is 25.4 Å². The molecule has 1 N–H and O–H groups in total. The van der Waals surface area contributed by atoms with Crippen molar-refractivity contribution < 1.29 is 18.0 Å². The van der Waals surface area contributed by atoms with Crippen LogP contribution < -0.4 is 5.32 Å². The molecule has 0 bridgehead atoms. The number of alkyl halides is 3. The van der Waals surface area contributed by atoms with Gasteiger partial charge < -0.3 is 10.2 Å². The fourth-order valence-electron chi connectivity index (χ4n) is 2.70. The molecule has 4 nitrogen and oxygen atoms in total. The zero-order chi connectivity index (χ0) is 13.9. The maximum Gasteiger partial charge on any atom is 0.405 e. The maximum atomic E-state index is 13.0. The van der Waals surface area contributed by atoms with E-state index in [9.17, 15) is 18.0 Å². The number of carbonyl (C=O) groups is 1. The van der Waals surface area contributed by atoms with E-state index in [1.54, 1.807) is 0 Å². The summed E-state index contributed by atoms with van der Waals surface area (Å²) in [5.74, 6) is -0.294. The first-order valence-corrected chi connectivity index (χ1v) is 6.76. The lowest BCUT2D eigenvalue weighted by Crippen LogP contribution is -2.51. The van der Waals surface area contributed by atoms with Gasteiger partial charge in [0.05, 0.1) is 0 Å². The summed E-state index contributed by atoms with van der Waals surface area (Å²) in [6, 6.07) is -1.55. The Morgan fingerprint density at radius 2 is 1.84 bits per heavy atom. The second-order valence-electron chi connectivity index (χ2n) is 5.20. The summed E-state index contributed by atoms with van der Waals surface area (Å²) in [6.45, 7) is 2.83. The van der Waals surface area contributed by atoms with E-state index in [2.05, 4.69) is 10.2 Å². The molecular weight excluding hydrogens is 259 g/mol. The first-order chi connectivity index (χ1) is 8.97. The summed E-state index contributed by atoms with van der Waals surface area (Å²) < 4.78 is 39.0. The summed E-state index contributed by atoms with van der Waals surface area (Å²) in [6.07, 6.45) is -1.89. The molecule has 110 valence electrons. The van der Waals surface area contributed by atoms with Crippen molar-refractivity contribution in [2.75, 3.05) is 39.3 Å². The SMILES string of the molecule is O=C1CCN(CCN2CCCC2)C(C(F)(F)F)CN1. The fourth-order valence-corrected chi connectivity index (χ4v) is 2.70. The lowest BCUT2D eigenvalue weighted by Gasteiger charge is -2.32. The Morgan fingerprint density at radius 3 is 2.47 bits per heavy atom. The number of likely N-dealkylation sites (tertiary alicyclic amines) is 1. The standard InChI is InChI=1S/C12H20F3N3O/c13-12(14,15)10-9-16-11(19)3-6-18(10)8-7-17-4-1-2-5-17/h10H,1-9H2,(H,16,19). The first-order valence-electron chi connectivity index (χ1n) is 6.76. The molecule has 2 saturated heterocycles. The Bertz CT molecular complexity index is 316. The zero-order valence-corrected chi connectivity index (χ0v) is 10.9. The number of nitrogens with one attached hydrogen (secondary N) is 1. The third-order valence-corrected chi connectivity index (χ3v) is 3.84. The highest BCUT2D eigenvalue weighted by Gasteiger charge is 2.44. The minimum atomic E-state index is -4.29. The number of hydrogen-bond acceptors (Lipinski definition) is 3. The highest BCUT2D eigenvalue weighted by molar-refractivity contribution is 5.76. The molecule has 2 heterocycles. The summed E-state index contributed by atoms with van der Waals surface area (Å²) in [4.78, 5) is 14.8. The molecule has 7 heteroatoms. The van der Waals surface area contributed by atoms with Gasteiger partial charge in [-0.25, -0.2) is 0 Å². The van der Waals surface area contributed by atoms with Crippen LogP contribution in [0.5, 0.6) is 0 Å². The third kappa shape index (κ3) is 4.07. The summed E-state index contributed by atoms with van der Waals surface area (Å²) in [7, 11) is 0. The van der Waals surface area contributed by atoms with Gasteiger partial charge in [-0.15, -0.1) is 0 Å². The van der Waals surface area contributed by atoms with E-state index < -0.39 is 12.2 Å². The van der Waals surface area contributed by atoms with Crippen molar-refractivity contribution in [1.82, 2.24) is 15.1 Å². The molecule has 1 atom stereocenters. The van der Waals surface area contributed by atoms with Crippen molar-refractivity contribution in [1.29, 1.82) is 0 Å². The predicted molar refractivity (Wildman–Crippen MR) is 64.7 cm³/mol. The predicted octanol–water partition coefficient (Wildman–Crippen LogP) is 0.835. The van der Waals surface area contributed by atoms with Crippen LogP contribution in [0.15, 0.2) is 0 Å². The first kappa shape index (κ1) is 14.6. The van der Waals surface area contributed by atoms with Crippen molar-refractivity contribution in [2.24, 2.45) is 0 Å². The van der Waals surface area contributed by atoms with Gasteiger partial charge in [-0.05, 0) is 25.9 Å². The molecular formula is C12H20F3N3O. The molecule has 0 aromatic heterocycles. The van der Waals surface area contributed by atoms with Gasteiger partial charge in [-0.2, -0.15) is 13.2 Å². The number of nitrogens with zero attached hydrogens (tertiary/aromatic N) is 2. The monoisotopic (exact) mass is 279 g/mol. The van der Waals surface area contributed by atoms with E-state index in [1.165, 1.54) is 4.90 Å². The minimum absolute atomic E-state index is 0.145. The minimum Gasteiger partial charge on any atom is -0.354 e. The molecule has 0 aliphatic carbocycles. The van der Waals surface area contributed by atoms with Gasteiger partial charge in [-0.3, -0.25) is 9.69 Å². The Morgan fingerprint density at radius 1 is 1.16 bits per heavy atom. The topological polar surface area (TPSA) is 35.6 Å². The van der Waals surface area contributed by atoms with E-state index in [0.29, 0.717) is 13.1 Å². The molecule has 2 rings (SSSR count). The van der Waals surface area contributed by atoms with Crippen LogP contribution in [0.3, 0.4) is 0 Å². The molecule has 0 saturated carbocycles. The Kier molecular flexibility index (Phi) is 4.67. The van der Waals surface area contributed by atoms with E-state index in [4.69, 9.17) is 0 Å². The lowest BCUT2D eigenvalue weighted by atomic mass is 10.2. The highest BCUT2D eigenvalue weighted by atomic mass is 19.4. The van der Waals surface area contributed by atoms with Crippen molar-refractivity contribution >= 4 is 5.91 Å². The normalized spacial score (nSPS) is 27.3. The Hall–Kier alpha value is -0.820. The van der Waals surface area contributed by atoms with Gasteiger partial charge in [-0.1, -0.05) is 0 Å². The lowest BCUT2D eigenvalue weighted by molar-refractivity contribution is -0.181. The van der Waals surface area contributed by atoms with E-state index >= 15 is 0 Å². The van der Waals surface area contributed by atoms with Crippen LogP contribution in [-0.2, 0) is 4.79 Å². The summed E-state index contributed by atoms with van der Waals surface area (Å²) >= 11 is 0. The molecule has 1 amide bonds. The molecule has 2 fully saturated rings. The second kappa shape index (κ2) is 6.09. The average molecular weight is 279 g/mol. The molecule has 19 heavy (non-hydrogen) atoms. The van der Waals surface area contributed by atoms with Crippen LogP contribution >= 0.6 is 0 Å². The maximum absolute atomic E-state index is 13.0. The molecule has 1 unspecified atom stereocenters. The molecule has 0 spiro atoms. The summed E-state index contributed by atoms with van der Waals surface area (Å²) in [5, 5.41) is 2.34. The average Bonchev–Trinajstić information content (AvgIpc) is 2.76. The smallest absolute Gasteiger partial charge is 0.354 e. The van der Waals surface area contributed by atoms with Gasteiger partial charge in [0.15, 0.2) is 0 Å². The van der Waals surface area contributed by atoms with Crippen molar-refractivity contribution in [3.05, 3.63) is 0 Å². The summed E-state index contributed by atoms with van der Waals surface area (Å²) in [5.41, 5.74) is 0. The van der Waals surface area contributed by atoms with Crippen LogP contribution in [0.4, 0.5) is 13.2 Å². The van der Waals surface area contributed by atoms with Gasteiger partial charge in [0, 0.05) is 32.6 Å². The highest BCUT2D eigenvalue weighted by Crippen LogP contribution is 2.25. The van der Waals surface area contributed by atoms with Gasteiger partial charge in [0.1, 0.15) is 6.04 Å². The Balaban J connectivity index is 1.94. The second-order valence-corrected chi connectivity index (χ2v) is 5.20. The molecule has 2 aliphatic heterocycles. The number of halogens is 3. The van der Waals surface area contributed by atoms with E-state index in [1.807, 2.05) is 0 Å². The number of hydrogen-bond donors (Lipinski definition) is 1. The molecule has 0 aromatic rings. The third-order valence-electron chi connectivity index (χ3n) is 3.84. The largest absolute Gasteiger partial charge is 0.405 e. The van der Waals surface area contributed by atoms with E-state index in [0.717, 1.165) is 25.9 Å². The molecule has 0 radical (unpaired) electrons.